The summed E-state index contributed by atoms with van der Waals surface area (Å²) in [6, 6.07) is 5.67. The minimum absolute atomic E-state index is 0.0563. The second kappa shape index (κ2) is 9.16. The average Bonchev–Trinajstić information content (AvgIpc) is 3.48. The highest BCUT2D eigenvalue weighted by molar-refractivity contribution is 7.90. The number of rotatable bonds is 5. The third-order valence-electron chi connectivity index (χ3n) is 5.17. The van der Waals surface area contributed by atoms with Gasteiger partial charge in [0.25, 0.3) is 0 Å². The summed E-state index contributed by atoms with van der Waals surface area (Å²) in [5.41, 5.74) is 0.884. The van der Waals surface area contributed by atoms with Gasteiger partial charge in [-0.25, -0.2) is 13.2 Å². The predicted octanol–water partition coefficient (Wildman–Crippen LogP) is 1.96. The maximum Gasteiger partial charge on any atom is 0.490 e. The van der Waals surface area contributed by atoms with E-state index in [1.165, 1.54) is 0 Å². The molecule has 3 fully saturated rings. The number of hydrogen-bond donors (Lipinski definition) is 1. The molecule has 0 aromatic carbocycles. The fourth-order valence-electron chi connectivity index (χ4n) is 3.61. The Hall–Kier alpha value is -1.76. The number of halogens is 3. The smallest absolute Gasteiger partial charge is 0.475 e. The molecule has 2 saturated carbocycles. The number of carboxylic acid groups (broad SMARTS) is 1. The number of carbonyl (C=O) groups is 1. The summed E-state index contributed by atoms with van der Waals surface area (Å²) in [5, 5.41) is 6.97. The molecule has 1 aromatic rings. The van der Waals surface area contributed by atoms with Gasteiger partial charge in [0.15, 0.2) is 0 Å². The number of aliphatic carboxylic acids is 1. The number of hydrogen-bond acceptors (Lipinski definition) is 6. The van der Waals surface area contributed by atoms with Crippen molar-refractivity contribution in [3.8, 4) is 0 Å². The summed E-state index contributed by atoms with van der Waals surface area (Å²) in [5.74, 6) is -2.76. The molecule has 0 bridgehead atoms. The minimum Gasteiger partial charge on any atom is -0.475 e. The van der Waals surface area contributed by atoms with Crippen molar-refractivity contribution >= 4 is 16.0 Å². The van der Waals surface area contributed by atoms with Crippen molar-refractivity contribution in [1.29, 1.82) is 0 Å². The van der Waals surface area contributed by atoms with Crippen LogP contribution in [0.5, 0.6) is 0 Å². The van der Waals surface area contributed by atoms with E-state index in [2.05, 4.69) is 4.98 Å². The third kappa shape index (κ3) is 5.48. The molecular formula is C18H23F3N2O6S. The van der Waals surface area contributed by atoms with Crippen molar-refractivity contribution in [1.82, 2.24) is 9.29 Å². The van der Waals surface area contributed by atoms with Crippen LogP contribution in [0.2, 0.25) is 0 Å². The van der Waals surface area contributed by atoms with Crippen LogP contribution in [0.15, 0.2) is 24.4 Å². The SMILES string of the molecule is O=C(O)C(F)(F)F.O=S(=O)(C1CC1)N1CCO[C@H]2[C@H](OCc3ccccn3)CC[C@@H]21. The molecule has 1 aromatic heterocycles. The molecule has 2 aliphatic carbocycles. The zero-order valence-electron chi connectivity index (χ0n) is 16.0. The molecule has 0 spiro atoms. The first-order chi connectivity index (χ1) is 14.1. The van der Waals surface area contributed by atoms with Crippen molar-refractivity contribution in [2.45, 2.75) is 62.0 Å². The van der Waals surface area contributed by atoms with Crippen LogP contribution in [0, 0.1) is 0 Å². The van der Waals surface area contributed by atoms with Crippen molar-refractivity contribution in [2.75, 3.05) is 13.2 Å². The Balaban J connectivity index is 0.000000318. The van der Waals surface area contributed by atoms with Crippen molar-refractivity contribution in [3.05, 3.63) is 30.1 Å². The maximum absolute atomic E-state index is 12.6. The monoisotopic (exact) mass is 452 g/mol. The van der Waals surface area contributed by atoms with Crippen molar-refractivity contribution < 1.29 is 41.0 Å². The standard InChI is InChI=1S/C16H22N2O4S.C2HF3O2/c19-23(20,13-4-5-13)18-9-10-21-16-14(18)6-7-15(16)22-11-12-3-1-2-8-17-12;3-2(4,5)1(6)7/h1-3,8,13-16H,4-7,9-11H2;(H,6,7)/t14-,15+,16+;/m0./s1. The molecule has 8 nitrogen and oxygen atoms in total. The summed E-state index contributed by atoms with van der Waals surface area (Å²) in [6.07, 6.45) is -0.299. The molecule has 0 radical (unpaired) electrons. The fraction of sp³-hybridized carbons (Fsp3) is 0.667. The van der Waals surface area contributed by atoms with Gasteiger partial charge in [-0.15, -0.1) is 0 Å². The predicted molar refractivity (Wildman–Crippen MR) is 97.9 cm³/mol. The van der Waals surface area contributed by atoms with Crippen LogP contribution in [0.3, 0.4) is 0 Å². The number of alkyl halides is 3. The summed E-state index contributed by atoms with van der Waals surface area (Å²) in [7, 11) is -3.15. The van der Waals surface area contributed by atoms with Gasteiger partial charge < -0.3 is 14.6 Å². The molecule has 3 atom stereocenters. The minimum atomic E-state index is -5.08. The highest BCUT2D eigenvalue weighted by atomic mass is 32.2. The van der Waals surface area contributed by atoms with Gasteiger partial charge >= 0.3 is 12.1 Å². The van der Waals surface area contributed by atoms with Gasteiger partial charge in [-0.2, -0.15) is 17.5 Å². The van der Waals surface area contributed by atoms with Crippen LogP contribution < -0.4 is 0 Å². The molecule has 1 aliphatic heterocycles. The first-order valence-electron chi connectivity index (χ1n) is 9.54. The van der Waals surface area contributed by atoms with Gasteiger partial charge in [0.2, 0.25) is 10.0 Å². The lowest BCUT2D eigenvalue weighted by Crippen LogP contribution is -2.54. The number of morpholine rings is 1. The van der Waals surface area contributed by atoms with E-state index in [-0.39, 0.29) is 23.5 Å². The zero-order valence-corrected chi connectivity index (χ0v) is 16.8. The summed E-state index contributed by atoms with van der Waals surface area (Å²) < 4.78 is 70.5. The van der Waals surface area contributed by atoms with Gasteiger partial charge in [0, 0.05) is 12.7 Å². The number of sulfonamides is 1. The Morgan fingerprint density at radius 1 is 1.27 bits per heavy atom. The van der Waals surface area contributed by atoms with Crippen LogP contribution in [0.4, 0.5) is 13.2 Å². The second-order valence-corrected chi connectivity index (χ2v) is 9.47. The lowest BCUT2D eigenvalue weighted by atomic mass is 10.1. The molecule has 1 saturated heterocycles. The van der Waals surface area contributed by atoms with Gasteiger partial charge in [-0.3, -0.25) is 4.98 Å². The van der Waals surface area contributed by atoms with Gasteiger partial charge in [0.1, 0.15) is 6.10 Å². The fourth-order valence-corrected chi connectivity index (χ4v) is 5.66. The Bertz CT molecular complexity index is 832. The van der Waals surface area contributed by atoms with E-state index in [1.807, 2.05) is 18.2 Å². The van der Waals surface area contributed by atoms with Crippen molar-refractivity contribution in [2.24, 2.45) is 0 Å². The molecule has 0 amide bonds. The van der Waals surface area contributed by atoms with E-state index in [9.17, 15) is 21.6 Å². The zero-order chi connectivity index (χ0) is 21.9. The molecule has 1 N–H and O–H groups in total. The second-order valence-electron chi connectivity index (χ2n) is 7.31. The number of ether oxygens (including phenoxy) is 2. The normalized spacial score (nSPS) is 27.1. The molecule has 30 heavy (non-hydrogen) atoms. The molecule has 4 rings (SSSR count). The van der Waals surface area contributed by atoms with E-state index in [0.717, 1.165) is 31.4 Å². The average molecular weight is 452 g/mol. The number of fused-ring (bicyclic) bond motifs is 1. The Kier molecular flexibility index (Phi) is 7.00. The van der Waals surface area contributed by atoms with E-state index in [1.54, 1.807) is 10.5 Å². The Morgan fingerprint density at radius 2 is 1.97 bits per heavy atom. The highest BCUT2D eigenvalue weighted by Gasteiger charge is 2.50. The van der Waals surface area contributed by atoms with Crippen molar-refractivity contribution in [3.63, 3.8) is 0 Å². The van der Waals surface area contributed by atoms with Crippen LogP contribution in [0.25, 0.3) is 0 Å². The number of pyridine rings is 1. The Labute approximate surface area is 172 Å². The van der Waals surface area contributed by atoms with Crippen LogP contribution in [0.1, 0.15) is 31.4 Å². The van der Waals surface area contributed by atoms with Crippen LogP contribution in [-0.2, 0) is 30.9 Å². The molecule has 0 unspecified atom stereocenters. The van der Waals surface area contributed by atoms with Gasteiger partial charge in [-0.1, -0.05) is 6.07 Å². The lowest BCUT2D eigenvalue weighted by molar-refractivity contribution is -0.192. The van der Waals surface area contributed by atoms with E-state index in [4.69, 9.17) is 19.4 Å². The molecule has 3 aliphatic rings. The van der Waals surface area contributed by atoms with E-state index in [0.29, 0.717) is 19.8 Å². The highest BCUT2D eigenvalue weighted by Crippen LogP contribution is 2.38. The van der Waals surface area contributed by atoms with E-state index < -0.39 is 22.2 Å². The lowest BCUT2D eigenvalue weighted by Gasteiger charge is -2.38. The van der Waals surface area contributed by atoms with Gasteiger partial charge in [0.05, 0.1) is 36.3 Å². The summed E-state index contributed by atoms with van der Waals surface area (Å²) in [4.78, 5) is 13.2. The van der Waals surface area contributed by atoms with Gasteiger partial charge in [-0.05, 0) is 37.8 Å². The third-order valence-corrected chi connectivity index (χ3v) is 7.59. The first kappa shape index (κ1) is 22.9. The number of nitrogens with zero attached hydrogens (tertiary/aromatic N) is 2. The first-order valence-corrected chi connectivity index (χ1v) is 11.0. The van der Waals surface area contributed by atoms with E-state index >= 15 is 0 Å². The molecular weight excluding hydrogens is 429 g/mol. The largest absolute Gasteiger partial charge is 0.490 e. The number of aromatic nitrogens is 1. The topological polar surface area (TPSA) is 106 Å². The Morgan fingerprint density at radius 3 is 2.53 bits per heavy atom. The number of carboxylic acids is 1. The van der Waals surface area contributed by atoms with Crippen LogP contribution in [-0.4, -0.2) is 71.6 Å². The maximum atomic E-state index is 12.6. The summed E-state index contributed by atoms with van der Waals surface area (Å²) in [6.45, 7) is 1.37. The summed E-state index contributed by atoms with van der Waals surface area (Å²) >= 11 is 0. The van der Waals surface area contributed by atoms with Crippen LogP contribution >= 0.6 is 0 Å². The molecule has 12 heteroatoms. The molecule has 2 heterocycles. The quantitative estimate of drug-likeness (QED) is 0.728. The molecule has 168 valence electrons.